The third-order valence-electron chi connectivity index (χ3n) is 5.33. The molecule has 2 aliphatic heterocycles. The summed E-state index contributed by atoms with van der Waals surface area (Å²) in [5, 5.41) is 0. The van der Waals surface area contributed by atoms with Crippen molar-refractivity contribution in [1.82, 2.24) is 4.90 Å². The Kier molecular flexibility index (Phi) is 4.91. The minimum atomic E-state index is -0.447. The lowest BCUT2D eigenvalue weighted by Crippen LogP contribution is -2.49. The summed E-state index contributed by atoms with van der Waals surface area (Å²) in [6.07, 6.45) is 3.14. The Bertz CT molecular complexity index is 865. The lowest BCUT2D eigenvalue weighted by Gasteiger charge is -2.38. The molecule has 5 nitrogen and oxygen atoms in total. The number of thiophene rings is 1. The molecule has 0 aliphatic carbocycles. The molecule has 2 atom stereocenters. The van der Waals surface area contributed by atoms with E-state index in [0.29, 0.717) is 11.5 Å². The first kappa shape index (κ1) is 18.0. The van der Waals surface area contributed by atoms with Crippen LogP contribution in [0.3, 0.4) is 0 Å². The average Bonchev–Trinajstić information content (AvgIpc) is 3.11. The van der Waals surface area contributed by atoms with Crippen LogP contribution in [0.1, 0.15) is 48.3 Å². The maximum atomic E-state index is 12.5. The normalized spacial score (nSPS) is 21.0. The fourth-order valence-electron chi connectivity index (χ4n) is 3.99. The second-order valence-electron chi connectivity index (χ2n) is 7.26. The molecule has 1 amide bonds. The van der Waals surface area contributed by atoms with Gasteiger partial charge in [0, 0.05) is 28.1 Å². The van der Waals surface area contributed by atoms with Crippen molar-refractivity contribution in [2.45, 2.75) is 51.8 Å². The number of esters is 1. The monoisotopic (exact) mass is 385 g/mol. The van der Waals surface area contributed by atoms with Crippen molar-refractivity contribution in [3.63, 3.8) is 0 Å². The highest BCUT2D eigenvalue weighted by atomic mass is 32.1. The summed E-state index contributed by atoms with van der Waals surface area (Å²) in [7, 11) is 0. The lowest BCUT2D eigenvalue weighted by molar-refractivity contribution is -0.140. The van der Waals surface area contributed by atoms with Gasteiger partial charge in [-0.2, -0.15) is 0 Å². The average molecular weight is 385 g/mol. The van der Waals surface area contributed by atoms with Gasteiger partial charge in [0.2, 0.25) is 0 Å². The zero-order valence-electron chi connectivity index (χ0n) is 15.6. The molecule has 1 aromatic heterocycles. The third-order valence-corrected chi connectivity index (χ3v) is 6.52. The minimum absolute atomic E-state index is 0.113. The van der Waals surface area contributed by atoms with E-state index in [9.17, 15) is 9.59 Å². The highest BCUT2D eigenvalue weighted by Gasteiger charge is 2.30. The van der Waals surface area contributed by atoms with Crippen molar-refractivity contribution < 1.29 is 19.1 Å². The molecule has 1 aromatic carbocycles. The number of fused-ring (bicyclic) bond motifs is 3. The molecule has 0 bridgehead atoms. The van der Waals surface area contributed by atoms with E-state index in [-0.39, 0.29) is 24.6 Å². The molecule has 0 radical (unpaired) electrons. The number of hydrogen-bond donors (Lipinski definition) is 0. The van der Waals surface area contributed by atoms with E-state index in [2.05, 4.69) is 13.8 Å². The second-order valence-corrected chi connectivity index (χ2v) is 8.31. The SMILES string of the molecule is C[C@@H]1CCC[C@@H](C)N1C(=O)COC(=O)c1cc2c(s1)-c1ccccc1OC2. The number of carbonyl (C=O) groups excluding carboxylic acids is 2. The number of ether oxygens (including phenoxy) is 2. The van der Waals surface area contributed by atoms with Gasteiger partial charge in [-0.3, -0.25) is 4.79 Å². The van der Waals surface area contributed by atoms with Crippen molar-refractivity contribution >= 4 is 23.2 Å². The summed E-state index contributed by atoms with van der Waals surface area (Å²) in [5.74, 6) is 0.269. The Labute approximate surface area is 162 Å². The molecule has 1 saturated heterocycles. The second kappa shape index (κ2) is 7.35. The predicted molar refractivity (Wildman–Crippen MR) is 104 cm³/mol. The summed E-state index contributed by atoms with van der Waals surface area (Å²) < 4.78 is 11.1. The standard InChI is InChI=1S/C21H23NO4S/c1-13-6-5-7-14(2)22(13)19(23)12-26-21(24)18-10-15-11-25-17-9-4-3-8-16(17)20(15)27-18/h3-4,8-10,13-14H,5-7,11-12H2,1-2H3/t13-,14-/m1/s1. The number of hydrogen-bond acceptors (Lipinski definition) is 5. The Morgan fingerprint density at radius 1 is 1.22 bits per heavy atom. The van der Waals surface area contributed by atoms with Crippen molar-refractivity contribution in [3.8, 4) is 16.2 Å². The zero-order chi connectivity index (χ0) is 19.0. The molecule has 2 aliphatic rings. The molecule has 4 rings (SSSR count). The summed E-state index contributed by atoms with van der Waals surface area (Å²) in [6, 6.07) is 10.0. The predicted octanol–water partition coefficient (Wildman–Crippen LogP) is 4.25. The summed E-state index contributed by atoms with van der Waals surface area (Å²) >= 11 is 1.40. The van der Waals surface area contributed by atoms with Gasteiger partial charge < -0.3 is 14.4 Å². The maximum Gasteiger partial charge on any atom is 0.348 e. The van der Waals surface area contributed by atoms with Gasteiger partial charge >= 0.3 is 5.97 Å². The molecule has 3 heterocycles. The number of para-hydroxylation sites is 1. The molecule has 1 fully saturated rings. The molecule has 0 N–H and O–H groups in total. The van der Waals surface area contributed by atoms with Crippen molar-refractivity contribution in [2.24, 2.45) is 0 Å². The van der Waals surface area contributed by atoms with Gasteiger partial charge in [0.05, 0.1) is 0 Å². The van der Waals surface area contributed by atoms with E-state index >= 15 is 0 Å². The highest BCUT2D eigenvalue weighted by molar-refractivity contribution is 7.17. The number of piperidine rings is 1. The molecule has 27 heavy (non-hydrogen) atoms. The van der Waals surface area contributed by atoms with E-state index in [4.69, 9.17) is 9.47 Å². The van der Waals surface area contributed by atoms with Crippen LogP contribution in [0.5, 0.6) is 5.75 Å². The van der Waals surface area contributed by atoms with Crippen molar-refractivity contribution in [2.75, 3.05) is 6.61 Å². The number of benzene rings is 1. The van der Waals surface area contributed by atoms with Gasteiger partial charge in [-0.15, -0.1) is 11.3 Å². The maximum absolute atomic E-state index is 12.5. The lowest BCUT2D eigenvalue weighted by atomic mass is 9.97. The van der Waals surface area contributed by atoms with Gasteiger partial charge in [0.15, 0.2) is 6.61 Å². The summed E-state index contributed by atoms with van der Waals surface area (Å²) in [6.45, 7) is 4.35. The number of likely N-dealkylation sites (tertiary alicyclic amines) is 1. The molecular weight excluding hydrogens is 362 g/mol. The fraction of sp³-hybridized carbons (Fsp3) is 0.429. The topological polar surface area (TPSA) is 55.8 Å². The molecule has 2 aromatic rings. The molecule has 142 valence electrons. The molecule has 0 saturated carbocycles. The summed E-state index contributed by atoms with van der Waals surface area (Å²) in [5.41, 5.74) is 1.98. The molecular formula is C21H23NO4S. The Morgan fingerprint density at radius 3 is 2.74 bits per heavy atom. The zero-order valence-corrected chi connectivity index (χ0v) is 16.4. The fourth-order valence-corrected chi connectivity index (χ4v) is 5.08. The van der Waals surface area contributed by atoms with Crippen LogP contribution in [-0.2, 0) is 16.1 Å². The van der Waals surface area contributed by atoms with E-state index in [0.717, 1.165) is 41.0 Å². The van der Waals surface area contributed by atoms with Crippen LogP contribution in [0, 0.1) is 0 Å². The first-order valence-corrected chi connectivity index (χ1v) is 10.2. The number of nitrogens with zero attached hydrogens (tertiary/aromatic N) is 1. The number of carbonyl (C=O) groups is 2. The number of amides is 1. The summed E-state index contributed by atoms with van der Waals surface area (Å²) in [4.78, 5) is 28.5. The van der Waals surface area contributed by atoms with Crippen LogP contribution < -0.4 is 4.74 Å². The molecule has 0 spiro atoms. The smallest absolute Gasteiger partial charge is 0.348 e. The minimum Gasteiger partial charge on any atom is -0.488 e. The van der Waals surface area contributed by atoms with Gasteiger partial charge in [0.25, 0.3) is 5.91 Å². The van der Waals surface area contributed by atoms with E-state index in [1.807, 2.05) is 35.2 Å². The van der Waals surface area contributed by atoms with Gasteiger partial charge in [0.1, 0.15) is 17.2 Å². The van der Waals surface area contributed by atoms with Crippen LogP contribution in [0.2, 0.25) is 0 Å². The Hall–Kier alpha value is -2.34. The van der Waals surface area contributed by atoms with Crippen LogP contribution in [0.15, 0.2) is 30.3 Å². The molecule has 0 unspecified atom stereocenters. The van der Waals surface area contributed by atoms with Crippen LogP contribution in [0.25, 0.3) is 10.4 Å². The van der Waals surface area contributed by atoms with Crippen LogP contribution in [0.4, 0.5) is 0 Å². The van der Waals surface area contributed by atoms with Crippen LogP contribution in [-0.4, -0.2) is 35.5 Å². The third kappa shape index (κ3) is 3.46. The van der Waals surface area contributed by atoms with E-state index < -0.39 is 5.97 Å². The first-order valence-electron chi connectivity index (χ1n) is 9.38. The Morgan fingerprint density at radius 2 is 1.96 bits per heavy atom. The van der Waals surface area contributed by atoms with Gasteiger partial charge in [-0.1, -0.05) is 12.1 Å². The van der Waals surface area contributed by atoms with Crippen molar-refractivity contribution in [1.29, 1.82) is 0 Å². The van der Waals surface area contributed by atoms with E-state index in [1.165, 1.54) is 11.3 Å². The quantitative estimate of drug-likeness (QED) is 0.741. The van der Waals surface area contributed by atoms with Crippen molar-refractivity contribution in [3.05, 3.63) is 40.8 Å². The van der Waals surface area contributed by atoms with Gasteiger partial charge in [-0.25, -0.2) is 4.79 Å². The van der Waals surface area contributed by atoms with E-state index in [1.54, 1.807) is 0 Å². The van der Waals surface area contributed by atoms with Crippen LogP contribution >= 0.6 is 11.3 Å². The first-order chi connectivity index (χ1) is 13.0. The molecule has 6 heteroatoms. The Balaban J connectivity index is 1.44. The van der Waals surface area contributed by atoms with Gasteiger partial charge in [-0.05, 0) is 51.3 Å². The number of rotatable bonds is 3. The largest absolute Gasteiger partial charge is 0.488 e. The highest BCUT2D eigenvalue weighted by Crippen LogP contribution is 2.42.